The van der Waals surface area contributed by atoms with Crippen molar-refractivity contribution in [1.29, 1.82) is 0 Å². The van der Waals surface area contributed by atoms with E-state index in [1.807, 2.05) is 13.0 Å². The van der Waals surface area contributed by atoms with Crippen LogP contribution in [0, 0.1) is 24.6 Å². The lowest BCUT2D eigenvalue weighted by atomic mass is 9.72. The fraction of sp³-hybridized carbons (Fsp3) is 0.471. The number of allylic oxidation sites excluding steroid dienone is 1. The van der Waals surface area contributed by atoms with Gasteiger partial charge in [0.1, 0.15) is 11.2 Å². The van der Waals surface area contributed by atoms with Crippen molar-refractivity contribution in [2.45, 2.75) is 38.5 Å². The van der Waals surface area contributed by atoms with Gasteiger partial charge in [0, 0.05) is 0 Å². The largest absolute Gasteiger partial charge is 0.480 e. The van der Waals surface area contributed by atoms with Gasteiger partial charge in [0.15, 0.2) is 0 Å². The van der Waals surface area contributed by atoms with Crippen LogP contribution in [0.15, 0.2) is 29.8 Å². The van der Waals surface area contributed by atoms with E-state index in [-0.39, 0.29) is 11.7 Å². The summed E-state index contributed by atoms with van der Waals surface area (Å²) in [5, 5.41) is 9.86. The van der Waals surface area contributed by atoms with Crippen molar-refractivity contribution in [3.63, 3.8) is 0 Å². The summed E-state index contributed by atoms with van der Waals surface area (Å²) in [5.41, 5.74) is 1.25. The number of carboxylic acids is 1. The Morgan fingerprint density at radius 1 is 1.40 bits per heavy atom. The molecule has 2 aliphatic rings. The fourth-order valence-electron chi connectivity index (χ4n) is 3.53. The number of halogens is 1. The van der Waals surface area contributed by atoms with Gasteiger partial charge in [-0.2, -0.15) is 0 Å². The first kappa shape index (κ1) is 13.3. The lowest BCUT2D eigenvalue weighted by Gasteiger charge is -2.30. The van der Waals surface area contributed by atoms with Crippen LogP contribution in [0.3, 0.4) is 0 Å². The predicted octanol–water partition coefficient (Wildman–Crippen LogP) is 3.83. The maximum Gasteiger partial charge on any atom is 0.318 e. The Balaban J connectivity index is 2.17. The molecule has 1 fully saturated rings. The molecule has 1 aromatic rings. The van der Waals surface area contributed by atoms with E-state index in [2.05, 4.69) is 0 Å². The summed E-state index contributed by atoms with van der Waals surface area (Å²) in [6.45, 7) is 3.63. The van der Waals surface area contributed by atoms with Crippen LogP contribution in [-0.2, 0) is 10.2 Å². The number of carbonyl (C=O) groups is 1. The monoisotopic (exact) mass is 274 g/mol. The molecule has 3 heteroatoms. The lowest BCUT2D eigenvalue weighted by Crippen LogP contribution is -2.38. The molecule has 2 aliphatic carbocycles. The molecule has 3 rings (SSSR count). The summed E-state index contributed by atoms with van der Waals surface area (Å²) >= 11 is 0. The standard InChI is InChI=1S/C17H19FO2/c1-10-8-13(12-6-7-12)9-17(10,16(19)20)14-4-3-5-15(18)11(14)2/h3-5,9-10,12H,6-8H2,1-2H3,(H,19,20). The van der Waals surface area contributed by atoms with Crippen molar-refractivity contribution in [3.8, 4) is 0 Å². The number of hydrogen-bond acceptors (Lipinski definition) is 1. The second-order valence-corrected chi connectivity index (χ2v) is 6.19. The first-order valence-electron chi connectivity index (χ1n) is 7.17. The Bertz CT molecular complexity index is 601. The van der Waals surface area contributed by atoms with Crippen molar-refractivity contribution in [2.75, 3.05) is 0 Å². The van der Waals surface area contributed by atoms with Crippen LogP contribution in [0.5, 0.6) is 0 Å². The zero-order valence-electron chi connectivity index (χ0n) is 11.8. The van der Waals surface area contributed by atoms with Crippen molar-refractivity contribution in [1.82, 2.24) is 0 Å². The van der Waals surface area contributed by atoms with Crippen molar-refractivity contribution >= 4 is 5.97 Å². The minimum Gasteiger partial charge on any atom is -0.480 e. The van der Waals surface area contributed by atoms with E-state index in [4.69, 9.17) is 0 Å². The molecule has 1 saturated carbocycles. The highest BCUT2D eigenvalue weighted by atomic mass is 19.1. The number of benzene rings is 1. The van der Waals surface area contributed by atoms with E-state index >= 15 is 0 Å². The van der Waals surface area contributed by atoms with Crippen LogP contribution in [0.2, 0.25) is 0 Å². The Labute approximate surface area is 118 Å². The van der Waals surface area contributed by atoms with Gasteiger partial charge in [0.25, 0.3) is 0 Å². The van der Waals surface area contributed by atoms with Gasteiger partial charge in [0.05, 0.1) is 0 Å². The second-order valence-electron chi connectivity index (χ2n) is 6.19. The van der Waals surface area contributed by atoms with E-state index in [0.29, 0.717) is 17.0 Å². The quantitative estimate of drug-likeness (QED) is 0.850. The summed E-state index contributed by atoms with van der Waals surface area (Å²) in [4.78, 5) is 12.0. The van der Waals surface area contributed by atoms with E-state index in [9.17, 15) is 14.3 Å². The molecular formula is C17H19FO2. The SMILES string of the molecule is Cc1c(F)cccc1C1(C(=O)O)C=C(C2CC2)CC1C. The van der Waals surface area contributed by atoms with E-state index in [1.54, 1.807) is 19.1 Å². The fourth-order valence-corrected chi connectivity index (χ4v) is 3.53. The Morgan fingerprint density at radius 3 is 2.70 bits per heavy atom. The number of rotatable bonds is 3. The van der Waals surface area contributed by atoms with Crippen LogP contribution in [0.4, 0.5) is 4.39 Å². The summed E-state index contributed by atoms with van der Waals surface area (Å²) in [7, 11) is 0. The molecule has 0 spiro atoms. The van der Waals surface area contributed by atoms with Gasteiger partial charge in [-0.15, -0.1) is 0 Å². The summed E-state index contributed by atoms with van der Waals surface area (Å²) in [5.74, 6) is -0.665. The molecule has 20 heavy (non-hydrogen) atoms. The van der Waals surface area contributed by atoms with Crippen molar-refractivity contribution < 1.29 is 14.3 Å². The van der Waals surface area contributed by atoms with Crippen LogP contribution < -0.4 is 0 Å². The van der Waals surface area contributed by atoms with Crippen LogP contribution in [0.1, 0.15) is 37.3 Å². The molecule has 0 bridgehead atoms. The number of aliphatic carboxylic acids is 1. The average Bonchev–Trinajstić information content (AvgIpc) is 3.17. The van der Waals surface area contributed by atoms with E-state index in [0.717, 1.165) is 19.3 Å². The van der Waals surface area contributed by atoms with Gasteiger partial charge in [-0.3, -0.25) is 4.79 Å². The second kappa shape index (κ2) is 4.44. The molecule has 0 saturated heterocycles. The molecule has 106 valence electrons. The normalized spacial score (nSPS) is 29.4. The highest BCUT2D eigenvalue weighted by Gasteiger charge is 2.50. The topological polar surface area (TPSA) is 37.3 Å². The Morgan fingerprint density at radius 2 is 2.10 bits per heavy atom. The number of carboxylic acid groups (broad SMARTS) is 1. The van der Waals surface area contributed by atoms with Crippen LogP contribution in [-0.4, -0.2) is 11.1 Å². The van der Waals surface area contributed by atoms with Gasteiger partial charge < -0.3 is 5.11 Å². The lowest BCUT2D eigenvalue weighted by molar-refractivity contribution is -0.143. The molecule has 1 N–H and O–H groups in total. The summed E-state index contributed by atoms with van der Waals surface area (Å²) in [6, 6.07) is 4.76. The minimum absolute atomic E-state index is 0.0314. The molecule has 2 unspecified atom stereocenters. The molecule has 0 aromatic heterocycles. The van der Waals surface area contributed by atoms with Crippen LogP contribution in [0.25, 0.3) is 0 Å². The van der Waals surface area contributed by atoms with Gasteiger partial charge in [-0.05, 0) is 55.2 Å². The molecule has 2 atom stereocenters. The first-order valence-corrected chi connectivity index (χ1v) is 7.17. The zero-order chi connectivity index (χ0) is 14.5. The predicted molar refractivity (Wildman–Crippen MR) is 75.0 cm³/mol. The third kappa shape index (κ3) is 1.80. The van der Waals surface area contributed by atoms with Gasteiger partial charge in [-0.25, -0.2) is 4.39 Å². The van der Waals surface area contributed by atoms with E-state index < -0.39 is 11.4 Å². The smallest absolute Gasteiger partial charge is 0.318 e. The molecule has 0 heterocycles. The molecule has 0 radical (unpaired) electrons. The third-order valence-corrected chi connectivity index (χ3v) is 4.90. The molecule has 0 aliphatic heterocycles. The van der Waals surface area contributed by atoms with E-state index in [1.165, 1.54) is 11.6 Å². The highest BCUT2D eigenvalue weighted by molar-refractivity contribution is 5.86. The van der Waals surface area contributed by atoms with Crippen molar-refractivity contribution in [3.05, 3.63) is 46.8 Å². The average molecular weight is 274 g/mol. The van der Waals surface area contributed by atoms with Gasteiger partial charge in [-0.1, -0.05) is 30.7 Å². The number of hydrogen-bond donors (Lipinski definition) is 1. The third-order valence-electron chi connectivity index (χ3n) is 4.90. The maximum absolute atomic E-state index is 13.8. The van der Waals surface area contributed by atoms with Gasteiger partial charge in [0.2, 0.25) is 0 Å². The molecule has 2 nitrogen and oxygen atoms in total. The highest BCUT2D eigenvalue weighted by Crippen LogP contribution is 2.51. The molecule has 1 aromatic carbocycles. The minimum atomic E-state index is -1.07. The Kier molecular flexibility index (Phi) is 2.96. The maximum atomic E-state index is 13.8. The Hall–Kier alpha value is -1.64. The molecule has 0 amide bonds. The van der Waals surface area contributed by atoms with Gasteiger partial charge >= 0.3 is 5.97 Å². The zero-order valence-corrected chi connectivity index (χ0v) is 11.8. The molecular weight excluding hydrogens is 255 g/mol. The van der Waals surface area contributed by atoms with Crippen LogP contribution >= 0.6 is 0 Å². The first-order chi connectivity index (χ1) is 9.46. The summed E-state index contributed by atoms with van der Waals surface area (Å²) in [6.07, 6.45) is 5.05. The van der Waals surface area contributed by atoms with Crippen molar-refractivity contribution in [2.24, 2.45) is 11.8 Å². The summed E-state index contributed by atoms with van der Waals surface area (Å²) < 4.78 is 13.8.